The smallest absolute Gasteiger partial charge is 0.336 e. The van der Waals surface area contributed by atoms with Crippen LogP contribution in [0.25, 0.3) is 0 Å². The van der Waals surface area contributed by atoms with Crippen LogP contribution in [0, 0.1) is 6.92 Å². The SMILES string of the molecule is CNN(C(N)=O)C(=O)c1ccc(C)cc1. The van der Waals surface area contributed by atoms with Gasteiger partial charge in [0.1, 0.15) is 0 Å². The molecule has 0 unspecified atom stereocenters. The summed E-state index contributed by atoms with van der Waals surface area (Å²) in [5.41, 5.74) is 8.90. The summed E-state index contributed by atoms with van der Waals surface area (Å²) in [6.45, 7) is 1.91. The lowest BCUT2D eigenvalue weighted by Crippen LogP contribution is -2.48. The number of nitrogens with zero attached hydrogens (tertiary/aromatic N) is 1. The number of carbonyl (C=O) groups is 2. The van der Waals surface area contributed by atoms with E-state index in [0.29, 0.717) is 5.56 Å². The number of rotatable bonds is 2. The number of nitrogens with two attached hydrogens (primary N) is 1. The van der Waals surface area contributed by atoms with Crippen LogP contribution in [-0.2, 0) is 0 Å². The van der Waals surface area contributed by atoms with Gasteiger partial charge in [0.05, 0.1) is 0 Å². The van der Waals surface area contributed by atoms with E-state index in [2.05, 4.69) is 5.43 Å². The summed E-state index contributed by atoms with van der Waals surface area (Å²) >= 11 is 0. The van der Waals surface area contributed by atoms with E-state index in [1.54, 1.807) is 24.3 Å². The van der Waals surface area contributed by atoms with Crippen molar-refractivity contribution in [1.82, 2.24) is 10.4 Å². The lowest BCUT2D eigenvalue weighted by molar-refractivity contribution is 0.0754. The van der Waals surface area contributed by atoms with Gasteiger partial charge in [0.15, 0.2) is 0 Å². The highest BCUT2D eigenvalue weighted by Gasteiger charge is 2.18. The van der Waals surface area contributed by atoms with Crippen LogP contribution in [0.15, 0.2) is 24.3 Å². The van der Waals surface area contributed by atoms with E-state index in [0.717, 1.165) is 10.6 Å². The number of hydrogen-bond donors (Lipinski definition) is 2. The molecule has 0 saturated heterocycles. The highest BCUT2D eigenvalue weighted by atomic mass is 16.2. The molecule has 0 spiro atoms. The van der Waals surface area contributed by atoms with E-state index in [1.165, 1.54) is 7.05 Å². The fourth-order valence-electron chi connectivity index (χ4n) is 1.14. The molecule has 1 aromatic carbocycles. The first-order valence-electron chi connectivity index (χ1n) is 4.44. The van der Waals surface area contributed by atoms with Crippen LogP contribution in [0.1, 0.15) is 15.9 Å². The first-order valence-corrected chi connectivity index (χ1v) is 4.44. The maximum absolute atomic E-state index is 11.7. The van der Waals surface area contributed by atoms with E-state index >= 15 is 0 Å². The van der Waals surface area contributed by atoms with E-state index in [9.17, 15) is 9.59 Å². The molecular weight excluding hydrogens is 194 g/mol. The van der Waals surface area contributed by atoms with E-state index < -0.39 is 11.9 Å². The number of imide groups is 1. The molecule has 0 bridgehead atoms. The van der Waals surface area contributed by atoms with E-state index in [4.69, 9.17) is 5.73 Å². The topological polar surface area (TPSA) is 75.4 Å². The van der Waals surface area contributed by atoms with Crippen LogP contribution < -0.4 is 11.2 Å². The summed E-state index contributed by atoms with van der Waals surface area (Å²) in [6, 6.07) is 6.04. The number of hydrazine groups is 1. The van der Waals surface area contributed by atoms with Gasteiger partial charge in [0.2, 0.25) is 0 Å². The van der Waals surface area contributed by atoms with Crippen LogP contribution in [0.4, 0.5) is 4.79 Å². The molecule has 0 heterocycles. The van der Waals surface area contributed by atoms with Gasteiger partial charge in [-0.05, 0) is 19.1 Å². The minimum Gasteiger partial charge on any atom is -0.350 e. The third-order valence-electron chi connectivity index (χ3n) is 1.95. The van der Waals surface area contributed by atoms with Crippen molar-refractivity contribution < 1.29 is 9.59 Å². The quantitative estimate of drug-likeness (QED) is 0.699. The molecule has 1 rings (SSSR count). The Hall–Kier alpha value is -1.88. The molecule has 0 saturated carbocycles. The van der Waals surface area contributed by atoms with E-state index in [1.807, 2.05) is 6.92 Å². The zero-order chi connectivity index (χ0) is 11.4. The van der Waals surface area contributed by atoms with Crippen LogP contribution in [0.2, 0.25) is 0 Å². The second-order valence-electron chi connectivity index (χ2n) is 3.07. The Morgan fingerprint density at radius 1 is 1.27 bits per heavy atom. The maximum Gasteiger partial charge on any atom is 0.336 e. The van der Waals surface area contributed by atoms with Crippen LogP contribution in [0.5, 0.6) is 0 Å². The number of benzene rings is 1. The normalized spacial score (nSPS) is 9.73. The zero-order valence-corrected chi connectivity index (χ0v) is 8.65. The molecule has 0 aliphatic heterocycles. The second-order valence-corrected chi connectivity index (χ2v) is 3.07. The van der Waals surface area contributed by atoms with Crippen molar-refractivity contribution in [3.8, 4) is 0 Å². The van der Waals surface area contributed by atoms with Crippen molar-refractivity contribution in [2.75, 3.05) is 7.05 Å². The largest absolute Gasteiger partial charge is 0.350 e. The number of primary amides is 1. The highest BCUT2D eigenvalue weighted by molar-refractivity contribution is 6.03. The molecule has 0 aromatic heterocycles. The lowest BCUT2D eigenvalue weighted by atomic mass is 10.1. The first-order chi connectivity index (χ1) is 7.06. The Balaban J connectivity index is 2.93. The molecule has 5 nitrogen and oxygen atoms in total. The average Bonchev–Trinajstić information content (AvgIpc) is 2.19. The van der Waals surface area contributed by atoms with Crippen molar-refractivity contribution in [2.24, 2.45) is 5.73 Å². The Kier molecular flexibility index (Phi) is 3.41. The van der Waals surface area contributed by atoms with Gasteiger partial charge in [-0.25, -0.2) is 10.2 Å². The van der Waals surface area contributed by atoms with Gasteiger partial charge < -0.3 is 5.73 Å². The Morgan fingerprint density at radius 2 is 1.80 bits per heavy atom. The molecule has 15 heavy (non-hydrogen) atoms. The predicted molar refractivity (Wildman–Crippen MR) is 56.0 cm³/mol. The van der Waals surface area contributed by atoms with Gasteiger partial charge in [0, 0.05) is 12.6 Å². The molecule has 3 amide bonds. The molecule has 0 atom stereocenters. The molecule has 0 radical (unpaired) electrons. The monoisotopic (exact) mass is 207 g/mol. The lowest BCUT2D eigenvalue weighted by Gasteiger charge is -2.16. The van der Waals surface area contributed by atoms with Crippen molar-refractivity contribution in [1.29, 1.82) is 0 Å². The zero-order valence-electron chi connectivity index (χ0n) is 8.65. The summed E-state index contributed by atoms with van der Waals surface area (Å²) in [7, 11) is 1.46. The van der Waals surface area contributed by atoms with Crippen molar-refractivity contribution in [3.05, 3.63) is 35.4 Å². The van der Waals surface area contributed by atoms with Crippen LogP contribution in [0.3, 0.4) is 0 Å². The van der Waals surface area contributed by atoms with Gasteiger partial charge in [-0.2, -0.15) is 5.01 Å². The summed E-state index contributed by atoms with van der Waals surface area (Å²) in [4.78, 5) is 22.6. The average molecular weight is 207 g/mol. The van der Waals surface area contributed by atoms with Gasteiger partial charge in [-0.15, -0.1) is 0 Å². The summed E-state index contributed by atoms with van der Waals surface area (Å²) in [6.07, 6.45) is 0. The fraction of sp³-hybridized carbons (Fsp3) is 0.200. The molecular formula is C10H13N3O2. The molecule has 0 fully saturated rings. The molecule has 5 heteroatoms. The van der Waals surface area contributed by atoms with Crippen molar-refractivity contribution in [2.45, 2.75) is 6.92 Å². The molecule has 3 N–H and O–H groups in total. The Labute approximate surface area is 87.8 Å². The Bertz CT molecular complexity index is 373. The third-order valence-corrected chi connectivity index (χ3v) is 1.95. The second kappa shape index (κ2) is 4.56. The number of aryl methyl sites for hydroxylation is 1. The summed E-state index contributed by atoms with van der Waals surface area (Å²) in [5.74, 6) is -0.468. The van der Waals surface area contributed by atoms with E-state index in [-0.39, 0.29) is 0 Å². The van der Waals surface area contributed by atoms with Gasteiger partial charge >= 0.3 is 6.03 Å². The standard InChI is InChI=1S/C10H13N3O2/c1-7-3-5-8(6-4-7)9(14)13(12-2)10(11)15/h3-6,12H,1-2H3,(H2,11,15). The number of carbonyl (C=O) groups excluding carboxylic acids is 2. The molecule has 0 aliphatic carbocycles. The summed E-state index contributed by atoms with van der Waals surface area (Å²) < 4.78 is 0. The minimum absolute atomic E-state index is 0.411. The Morgan fingerprint density at radius 3 is 2.20 bits per heavy atom. The molecule has 0 aliphatic rings. The number of nitrogens with one attached hydrogen (secondary N) is 1. The molecule has 1 aromatic rings. The summed E-state index contributed by atoms with van der Waals surface area (Å²) in [5, 5.41) is 0.755. The molecule has 80 valence electrons. The minimum atomic E-state index is -0.830. The number of urea groups is 1. The predicted octanol–water partition coefficient (Wildman–Crippen LogP) is 0.650. The number of hydrogen-bond acceptors (Lipinski definition) is 3. The van der Waals surface area contributed by atoms with Crippen molar-refractivity contribution in [3.63, 3.8) is 0 Å². The highest BCUT2D eigenvalue weighted by Crippen LogP contribution is 2.05. The third kappa shape index (κ3) is 2.54. The van der Waals surface area contributed by atoms with Crippen LogP contribution in [-0.4, -0.2) is 24.0 Å². The number of amides is 3. The van der Waals surface area contributed by atoms with Crippen LogP contribution >= 0.6 is 0 Å². The van der Waals surface area contributed by atoms with Gasteiger partial charge in [-0.3, -0.25) is 4.79 Å². The first kappa shape index (κ1) is 11.2. The van der Waals surface area contributed by atoms with Gasteiger partial charge in [-0.1, -0.05) is 17.7 Å². The van der Waals surface area contributed by atoms with Crippen molar-refractivity contribution >= 4 is 11.9 Å². The maximum atomic E-state index is 11.7. The van der Waals surface area contributed by atoms with Gasteiger partial charge in [0.25, 0.3) is 5.91 Å². The fourth-order valence-corrected chi connectivity index (χ4v) is 1.14.